The van der Waals surface area contributed by atoms with Crippen LogP contribution < -0.4 is 5.32 Å². The number of hydrogen-bond donors (Lipinski definition) is 2. The summed E-state index contributed by atoms with van der Waals surface area (Å²) < 4.78 is 0. The van der Waals surface area contributed by atoms with E-state index in [9.17, 15) is 4.79 Å². The van der Waals surface area contributed by atoms with Gasteiger partial charge in [-0.3, -0.25) is 9.89 Å². The van der Waals surface area contributed by atoms with Crippen LogP contribution in [0.15, 0.2) is 12.3 Å². The minimum absolute atomic E-state index is 0.0378. The number of aromatic amines is 1. The van der Waals surface area contributed by atoms with E-state index in [1.807, 2.05) is 4.90 Å². The topological polar surface area (TPSA) is 61.0 Å². The van der Waals surface area contributed by atoms with Gasteiger partial charge in [0.05, 0.1) is 0 Å². The summed E-state index contributed by atoms with van der Waals surface area (Å²) in [6.45, 7) is 4.47. The van der Waals surface area contributed by atoms with Gasteiger partial charge in [0.2, 0.25) is 0 Å². The largest absolute Gasteiger partial charge is 0.335 e. The molecule has 0 saturated carbocycles. The van der Waals surface area contributed by atoms with E-state index in [0.29, 0.717) is 11.7 Å². The van der Waals surface area contributed by atoms with Crippen molar-refractivity contribution in [2.75, 3.05) is 19.6 Å². The van der Waals surface area contributed by atoms with Crippen molar-refractivity contribution in [3.63, 3.8) is 0 Å². The van der Waals surface area contributed by atoms with Gasteiger partial charge in [0.1, 0.15) is 5.69 Å². The van der Waals surface area contributed by atoms with E-state index in [1.54, 1.807) is 12.3 Å². The van der Waals surface area contributed by atoms with Crippen LogP contribution in [0.2, 0.25) is 0 Å². The molecule has 2 N–H and O–H groups in total. The summed E-state index contributed by atoms with van der Waals surface area (Å²) in [6, 6.07) is 2.07. The van der Waals surface area contributed by atoms with Gasteiger partial charge in [0, 0.05) is 31.9 Å². The van der Waals surface area contributed by atoms with Crippen molar-refractivity contribution in [3.8, 4) is 0 Å². The number of aromatic nitrogens is 2. The lowest BCUT2D eigenvalue weighted by Gasteiger charge is -2.31. The van der Waals surface area contributed by atoms with Crippen LogP contribution in [-0.4, -0.2) is 46.7 Å². The van der Waals surface area contributed by atoms with Gasteiger partial charge in [0.15, 0.2) is 0 Å². The molecule has 1 aliphatic rings. The lowest BCUT2D eigenvalue weighted by molar-refractivity contribution is 0.0703. The molecule has 2 rings (SSSR count). The van der Waals surface area contributed by atoms with Crippen LogP contribution in [0.3, 0.4) is 0 Å². The summed E-state index contributed by atoms with van der Waals surface area (Å²) in [5.41, 5.74) is 0.569. The summed E-state index contributed by atoms with van der Waals surface area (Å²) in [4.78, 5) is 13.7. The van der Waals surface area contributed by atoms with Crippen LogP contribution in [0.25, 0.3) is 0 Å². The normalized spacial score (nSPS) is 22.4. The minimum Gasteiger partial charge on any atom is -0.335 e. The van der Waals surface area contributed by atoms with Gasteiger partial charge in [-0.1, -0.05) is 0 Å². The predicted molar refractivity (Wildman–Crippen MR) is 52.0 cm³/mol. The first-order valence-corrected chi connectivity index (χ1v) is 4.79. The number of nitrogens with one attached hydrogen (secondary N) is 2. The fourth-order valence-electron chi connectivity index (χ4n) is 1.66. The molecule has 5 heteroatoms. The summed E-state index contributed by atoms with van der Waals surface area (Å²) >= 11 is 0. The molecule has 1 amide bonds. The van der Waals surface area contributed by atoms with E-state index in [4.69, 9.17) is 0 Å². The monoisotopic (exact) mass is 194 g/mol. The zero-order valence-electron chi connectivity index (χ0n) is 8.16. The zero-order chi connectivity index (χ0) is 9.97. The van der Waals surface area contributed by atoms with Crippen LogP contribution in [0.5, 0.6) is 0 Å². The number of H-pyrrole nitrogens is 1. The highest BCUT2D eigenvalue weighted by Gasteiger charge is 2.21. The molecule has 1 aromatic heterocycles. The number of amides is 1. The third kappa shape index (κ3) is 1.77. The van der Waals surface area contributed by atoms with E-state index in [2.05, 4.69) is 22.4 Å². The Bertz CT molecular complexity index is 309. The Morgan fingerprint density at radius 3 is 3.21 bits per heavy atom. The summed E-state index contributed by atoms with van der Waals surface area (Å²) in [6.07, 6.45) is 1.60. The molecule has 0 bridgehead atoms. The molecule has 14 heavy (non-hydrogen) atoms. The maximum Gasteiger partial charge on any atom is 0.271 e. The predicted octanol–water partition coefficient (Wildman–Crippen LogP) is -0.156. The molecule has 0 unspecified atom stereocenters. The maximum atomic E-state index is 11.8. The Morgan fingerprint density at radius 1 is 1.71 bits per heavy atom. The van der Waals surface area contributed by atoms with Crippen molar-refractivity contribution in [2.45, 2.75) is 13.0 Å². The smallest absolute Gasteiger partial charge is 0.271 e. The standard InChI is InChI=1S/C9H14N4O/c1-7-6-13(5-4-10-7)9(14)8-2-3-11-12-8/h2-3,7,10H,4-6H2,1H3,(H,11,12)/t7-/m0/s1. The number of carbonyl (C=O) groups is 1. The minimum atomic E-state index is 0.0378. The average Bonchev–Trinajstić information content (AvgIpc) is 2.69. The molecule has 5 nitrogen and oxygen atoms in total. The lowest BCUT2D eigenvalue weighted by atomic mass is 10.2. The zero-order valence-corrected chi connectivity index (χ0v) is 8.16. The van der Waals surface area contributed by atoms with Crippen molar-refractivity contribution in [3.05, 3.63) is 18.0 Å². The van der Waals surface area contributed by atoms with Crippen LogP contribution in [0.4, 0.5) is 0 Å². The lowest BCUT2D eigenvalue weighted by Crippen LogP contribution is -2.51. The second kappa shape index (κ2) is 3.79. The van der Waals surface area contributed by atoms with Crippen molar-refractivity contribution < 1.29 is 4.79 Å². The molecular weight excluding hydrogens is 180 g/mol. The van der Waals surface area contributed by atoms with Crippen LogP contribution in [-0.2, 0) is 0 Å². The van der Waals surface area contributed by atoms with Gasteiger partial charge in [-0.25, -0.2) is 0 Å². The van der Waals surface area contributed by atoms with E-state index < -0.39 is 0 Å². The molecule has 0 radical (unpaired) electrons. The van der Waals surface area contributed by atoms with Gasteiger partial charge in [-0.2, -0.15) is 5.10 Å². The van der Waals surface area contributed by atoms with Gasteiger partial charge in [0.25, 0.3) is 5.91 Å². The summed E-state index contributed by atoms with van der Waals surface area (Å²) in [5.74, 6) is 0.0378. The third-order valence-corrected chi connectivity index (χ3v) is 2.39. The van der Waals surface area contributed by atoms with Crippen molar-refractivity contribution in [1.82, 2.24) is 20.4 Å². The number of piperazine rings is 1. The van der Waals surface area contributed by atoms with Gasteiger partial charge < -0.3 is 10.2 Å². The van der Waals surface area contributed by atoms with Crippen molar-refractivity contribution >= 4 is 5.91 Å². The van der Waals surface area contributed by atoms with Crippen LogP contribution >= 0.6 is 0 Å². The molecule has 1 saturated heterocycles. The number of carbonyl (C=O) groups excluding carboxylic acids is 1. The first-order chi connectivity index (χ1) is 6.77. The maximum absolute atomic E-state index is 11.8. The molecule has 0 aromatic carbocycles. The van der Waals surface area contributed by atoms with Gasteiger partial charge in [-0.05, 0) is 13.0 Å². The number of hydrogen-bond acceptors (Lipinski definition) is 3. The summed E-state index contributed by atoms with van der Waals surface area (Å²) in [5, 5.41) is 9.75. The molecule has 76 valence electrons. The number of nitrogens with zero attached hydrogens (tertiary/aromatic N) is 2. The molecule has 1 aromatic rings. The first-order valence-electron chi connectivity index (χ1n) is 4.79. The van der Waals surface area contributed by atoms with Crippen LogP contribution in [0.1, 0.15) is 17.4 Å². The molecular formula is C9H14N4O. The van der Waals surface area contributed by atoms with Gasteiger partial charge in [-0.15, -0.1) is 0 Å². The van der Waals surface area contributed by atoms with E-state index in [0.717, 1.165) is 19.6 Å². The van der Waals surface area contributed by atoms with E-state index in [1.165, 1.54) is 0 Å². The molecule has 0 spiro atoms. The molecule has 1 aliphatic heterocycles. The Kier molecular flexibility index (Phi) is 2.49. The Labute approximate surface area is 82.5 Å². The summed E-state index contributed by atoms with van der Waals surface area (Å²) in [7, 11) is 0. The second-order valence-electron chi connectivity index (χ2n) is 3.58. The van der Waals surface area contributed by atoms with E-state index >= 15 is 0 Å². The van der Waals surface area contributed by atoms with Crippen molar-refractivity contribution in [2.24, 2.45) is 0 Å². The highest BCUT2D eigenvalue weighted by molar-refractivity contribution is 5.92. The highest BCUT2D eigenvalue weighted by Crippen LogP contribution is 2.04. The number of rotatable bonds is 1. The molecule has 1 fully saturated rings. The Hall–Kier alpha value is -1.36. The average molecular weight is 194 g/mol. The Morgan fingerprint density at radius 2 is 2.57 bits per heavy atom. The highest BCUT2D eigenvalue weighted by atomic mass is 16.2. The van der Waals surface area contributed by atoms with Gasteiger partial charge >= 0.3 is 0 Å². The first kappa shape index (κ1) is 9.21. The quantitative estimate of drug-likeness (QED) is 0.653. The fourth-order valence-corrected chi connectivity index (χ4v) is 1.66. The SMILES string of the molecule is C[C@H]1CN(C(=O)c2ccn[nH]2)CCN1. The second-order valence-corrected chi connectivity index (χ2v) is 3.58. The van der Waals surface area contributed by atoms with E-state index in [-0.39, 0.29) is 5.91 Å². The molecule has 1 atom stereocenters. The van der Waals surface area contributed by atoms with Crippen LogP contribution in [0, 0.1) is 0 Å². The Balaban J connectivity index is 2.04. The third-order valence-electron chi connectivity index (χ3n) is 2.39. The molecule has 2 heterocycles. The van der Waals surface area contributed by atoms with Crippen molar-refractivity contribution in [1.29, 1.82) is 0 Å². The molecule has 0 aliphatic carbocycles. The fraction of sp³-hybridized carbons (Fsp3) is 0.556.